The lowest BCUT2D eigenvalue weighted by Gasteiger charge is -2.24. The molecule has 1 aliphatic rings. The molecule has 0 aliphatic carbocycles. The summed E-state index contributed by atoms with van der Waals surface area (Å²) in [6.45, 7) is 0. The molecule has 0 spiro atoms. The van der Waals surface area contributed by atoms with Crippen LogP contribution >= 0.6 is 11.8 Å². The van der Waals surface area contributed by atoms with Gasteiger partial charge in [-0.2, -0.15) is 0 Å². The van der Waals surface area contributed by atoms with E-state index < -0.39 is 5.37 Å². The quantitative estimate of drug-likeness (QED) is 0.465. The molecule has 1 atom stereocenters. The molecule has 3 aromatic rings. The Morgan fingerprint density at radius 3 is 2.29 bits per heavy atom. The Kier molecular flexibility index (Phi) is 7.62. The molecule has 1 N–H and O–H groups in total. The predicted molar refractivity (Wildman–Crippen MR) is 136 cm³/mol. The number of benzene rings is 3. The van der Waals surface area contributed by atoms with Crippen molar-refractivity contribution in [3.05, 3.63) is 94.4 Å². The van der Waals surface area contributed by atoms with Crippen molar-refractivity contribution in [2.24, 2.45) is 0 Å². The van der Waals surface area contributed by atoms with Gasteiger partial charge in [0.2, 0.25) is 5.91 Å². The zero-order valence-electron chi connectivity index (χ0n) is 19.7. The summed E-state index contributed by atoms with van der Waals surface area (Å²) in [5, 5.41) is 0.947. The zero-order valence-corrected chi connectivity index (χ0v) is 20.5. The molecule has 1 saturated heterocycles. The van der Waals surface area contributed by atoms with Crippen molar-refractivity contribution < 1.29 is 23.8 Å². The molecule has 8 heteroatoms. The summed E-state index contributed by atoms with van der Waals surface area (Å²) >= 11 is 1.36. The molecule has 7 nitrogen and oxygen atoms in total. The van der Waals surface area contributed by atoms with Gasteiger partial charge in [0.05, 0.1) is 32.7 Å². The van der Waals surface area contributed by atoms with E-state index in [1.54, 1.807) is 39.5 Å². The lowest BCUT2D eigenvalue weighted by atomic mass is 10.1. The largest absolute Gasteiger partial charge is 0.497 e. The van der Waals surface area contributed by atoms with Crippen molar-refractivity contribution in [1.82, 2.24) is 10.4 Å². The second-order valence-corrected chi connectivity index (χ2v) is 8.85. The molecule has 0 saturated carbocycles. The van der Waals surface area contributed by atoms with E-state index in [4.69, 9.17) is 14.2 Å². The van der Waals surface area contributed by atoms with E-state index in [0.717, 1.165) is 16.7 Å². The Morgan fingerprint density at radius 2 is 1.63 bits per heavy atom. The third-order valence-electron chi connectivity index (χ3n) is 5.48. The maximum atomic E-state index is 13.5. The number of hydrogen-bond acceptors (Lipinski definition) is 6. The number of methoxy groups -OCH3 is 3. The second kappa shape index (κ2) is 11.0. The van der Waals surface area contributed by atoms with E-state index in [9.17, 15) is 9.59 Å². The number of nitrogens with one attached hydrogen (secondary N) is 1. The van der Waals surface area contributed by atoms with Crippen molar-refractivity contribution in [2.45, 2.75) is 11.8 Å². The van der Waals surface area contributed by atoms with E-state index >= 15 is 0 Å². The molecular weight excluding hydrogens is 464 g/mol. The summed E-state index contributed by atoms with van der Waals surface area (Å²) in [4.78, 5) is 26.8. The molecule has 0 radical (unpaired) electrons. The van der Waals surface area contributed by atoms with Crippen LogP contribution in [-0.2, 0) is 16.0 Å². The highest BCUT2D eigenvalue weighted by Crippen LogP contribution is 2.46. The first-order chi connectivity index (χ1) is 17.0. The molecule has 180 valence electrons. The molecule has 35 heavy (non-hydrogen) atoms. The van der Waals surface area contributed by atoms with Crippen LogP contribution in [0.25, 0.3) is 6.08 Å². The van der Waals surface area contributed by atoms with Crippen LogP contribution in [0.2, 0.25) is 0 Å². The van der Waals surface area contributed by atoms with Gasteiger partial charge in [-0.25, -0.2) is 5.01 Å². The molecule has 1 fully saturated rings. The van der Waals surface area contributed by atoms with E-state index in [0.29, 0.717) is 22.2 Å². The van der Waals surface area contributed by atoms with Crippen LogP contribution in [0.3, 0.4) is 0 Å². The monoisotopic (exact) mass is 490 g/mol. The smallest absolute Gasteiger partial charge is 0.280 e. The molecular formula is C27H26N2O5S. The van der Waals surface area contributed by atoms with Gasteiger partial charge in [0.25, 0.3) is 5.91 Å². The van der Waals surface area contributed by atoms with Crippen molar-refractivity contribution in [3.8, 4) is 17.2 Å². The van der Waals surface area contributed by atoms with Gasteiger partial charge in [-0.1, -0.05) is 54.2 Å². The highest BCUT2D eigenvalue weighted by atomic mass is 32.2. The van der Waals surface area contributed by atoms with Gasteiger partial charge >= 0.3 is 0 Å². The average molecular weight is 491 g/mol. The summed E-state index contributed by atoms with van der Waals surface area (Å²) in [6.07, 6.45) is 1.93. The Hall–Kier alpha value is -3.91. The third kappa shape index (κ3) is 5.60. The maximum Gasteiger partial charge on any atom is 0.280 e. The highest BCUT2D eigenvalue weighted by molar-refractivity contribution is 8.04. The number of nitrogens with zero attached hydrogens (tertiary/aromatic N) is 1. The Morgan fingerprint density at radius 1 is 0.943 bits per heavy atom. The summed E-state index contributed by atoms with van der Waals surface area (Å²) in [5.74, 6) is 1.38. The van der Waals surface area contributed by atoms with Gasteiger partial charge in [-0.3, -0.25) is 15.0 Å². The molecule has 1 aliphatic heterocycles. The van der Waals surface area contributed by atoms with Crippen molar-refractivity contribution in [1.29, 1.82) is 0 Å². The molecule has 3 aromatic carbocycles. The summed E-state index contributed by atoms with van der Waals surface area (Å²) in [6, 6.07) is 22.2. The first kappa shape index (κ1) is 24.2. The van der Waals surface area contributed by atoms with Crippen LogP contribution in [0.1, 0.15) is 22.1 Å². The fourth-order valence-corrected chi connectivity index (χ4v) is 4.86. The molecule has 0 unspecified atom stereocenters. The Bertz CT molecular complexity index is 1230. The second-order valence-electron chi connectivity index (χ2n) is 7.73. The van der Waals surface area contributed by atoms with Crippen LogP contribution in [0.15, 0.2) is 77.7 Å². The first-order valence-electron chi connectivity index (χ1n) is 10.9. The van der Waals surface area contributed by atoms with Crippen molar-refractivity contribution in [3.63, 3.8) is 0 Å². The highest BCUT2D eigenvalue weighted by Gasteiger charge is 2.38. The van der Waals surface area contributed by atoms with Gasteiger partial charge in [0, 0.05) is 11.6 Å². The number of ether oxygens (including phenoxy) is 3. The van der Waals surface area contributed by atoms with Gasteiger partial charge < -0.3 is 14.2 Å². The molecule has 4 rings (SSSR count). The third-order valence-corrected chi connectivity index (χ3v) is 6.74. The van der Waals surface area contributed by atoms with E-state index in [-0.39, 0.29) is 18.2 Å². The number of carbonyl (C=O) groups is 2. The Balaban J connectivity index is 1.64. The van der Waals surface area contributed by atoms with E-state index in [1.165, 1.54) is 16.8 Å². The number of carbonyl (C=O) groups excluding carboxylic acids is 2. The number of hydrazine groups is 1. The number of hydrogen-bond donors (Lipinski definition) is 1. The van der Waals surface area contributed by atoms with Crippen LogP contribution in [0, 0.1) is 0 Å². The maximum absolute atomic E-state index is 13.5. The first-order valence-corrected chi connectivity index (χ1v) is 11.8. The SMILES string of the molecule is COc1ccc([C@@H]2S/C(=C\c3ccc(OC)cc3OC)C(=O)N2NC(=O)Cc2ccccc2)cc1. The van der Waals surface area contributed by atoms with Crippen LogP contribution in [-0.4, -0.2) is 38.2 Å². The fourth-order valence-electron chi connectivity index (χ4n) is 3.67. The zero-order chi connectivity index (χ0) is 24.8. The van der Waals surface area contributed by atoms with Crippen LogP contribution in [0.5, 0.6) is 17.2 Å². The molecule has 1 heterocycles. The van der Waals surface area contributed by atoms with Crippen molar-refractivity contribution >= 4 is 29.7 Å². The van der Waals surface area contributed by atoms with Crippen LogP contribution in [0.4, 0.5) is 0 Å². The van der Waals surface area contributed by atoms with Crippen molar-refractivity contribution in [2.75, 3.05) is 21.3 Å². The lowest BCUT2D eigenvalue weighted by Crippen LogP contribution is -2.44. The predicted octanol–water partition coefficient (Wildman–Crippen LogP) is 4.60. The lowest BCUT2D eigenvalue weighted by molar-refractivity contribution is -0.137. The molecule has 0 aromatic heterocycles. The summed E-state index contributed by atoms with van der Waals surface area (Å²) < 4.78 is 16.0. The van der Waals surface area contributed by atoms with Gasteiger partial charge in [0.1, 0.15) is 22.6 Å². The Labute approximate surface area is 208 Å². The van der Waals surface area contributed by atoms with Crippen LogP contribution < -0.4 is 19.6 Å². The number of amides is 2. The molecule has 0 bridgehead atoms. The van der Waals surface area contributed by atoms with E-state index in [1.807, 2.05) is 60.7 Å². The summed E-state index contributed by atoms with van der Waals surface area (Å²) in [7, 11) is 4.75. The number of rotatable bonds is 8. The molecule has 2 amide bonds. The number of thioether (sulfide) groups is 1. The topological polar surface area (TPSA) is 77.1 Å². The van der Waals surface area contributed by atoms with E-state index in [2.05, 4.69) is 5.43 Å². The standard InChI is InChI=1S/C27H26N2O5S/c1-32-21-12-9-19(10-13-21)27-29(28-25(30)15-18-7-5-4-6-8-18)26(31)24(35-27)16-20-11-14-22(33-2)17-23(20)34-3/h4-14,16-17,27H,15H2,1-3H3,(H,28,30)/b24-16-/t27-/m0/s1. The fraction of sp³-hybridized carbons (Fsp3) is 0.185. The minimum atomic E-state index is -0.441. The minimum Gasteiger partial charge on any atom is -0.497 e. The minimum absolute atomic E-state index is 0.163. The van der Waals surface area contributed by atoms with Gasteiger partial charge in [-0.05, 0) is 41.5 Å². The average Bonchev–Trinajstić information content (AvgIpc) is 3.19. The van der Waals surface area contributed by atoms with Gasteiger partial charge in [-0.15, -0.1) is 0 Å². The normalized spacial score (nSPS) is 16.3. The van der Waals surface area contributed by atoms with Gasteiger partial charge in [0.15, 0.2) is 0 Å². The summed E-state index contributed by atoms with van der Waals surface area (Å²) in [5.41, 5.74) is 5.27.